The van der Waals surface area contributed by atoms with E-state index >= 15 is 0 Å². The van der Waals surface area contributed by atoms with Crippen LogP contribution in [-0.4, -0.2) is 15.9 Å². The molecule has 0 radical (unpaired) electrons. The first-order valence-corrected chi connectivity index (χ1v) is 5.75. The molecule has 4 nitrogen and oxygen atoms in total. The lowest BCUT2D eigenvalue weighted by atomic mass is 10.2. The van der Waals surface area contributed by atoms with Gasteiger partial charge in [-0.05, 0) is 6.07 Å². The summed E-state index contributed by atoms with van der Waals surface area (Å²) in [5, 5.41) is 5.60. The van der Waals surface area contributed by atoms with Gasteiger partial charge in [-0.2, -0.15) is 0 Å². The minimum absolute atomic E-state index is 0.134. The molecule has 2 heterocycles. The molecular formula is C10H8ClN3OS. The zero-order chi connectivity index (χ0) is 11.5. The van der Waals surface area contributed by atoms with Crippen molar-refractivity contribution >= 4 is 34.0 Å². The Bertz CT molecular complexity index is 526. The molecule has 0 bridgehead atoms. The van der Waals surface area contributed by atoms with Crippen LogP contribution in [-0.2, 0) is 4.79 Å². The fourth-order valence-corrected chi connectivity index (χ4v) is 2.11. The number of carbonyl (C=O) groups excluding carboxylic acids is 1. The lowest BCUT2D eigenvalue weighted by molar-refractivity contribution is -0.114. The number of anilines is 1. The van der Waals surface area contributed by atoms with Gasteiger partial charge in [0.1, 0.15) is 0 Å². The molecule has 82 valence electrons. The molecule has 6 heteroatoms. The highest BCUT2D eigenvalue weighted by Crippen LogP contribution is 2.25. The molecule has 0 unspecified atom stereocenters. The van der Waals surface area contributed by atoms with Gasteiger partial charge in [-0.25, -0.2) is 4.98 Å². The fourth-order valence-electron chi connectivity index (χ4n) is 1.17. The second-order valence-corrected chi connectivity index (χ2v) is 4.41. The number of aromatic nitrogens is 2. The maximum atomic E-state index is 10.8. The number of carbonyl (C=O) groups is 1. The van der Waals surface area contributed by atoms with E-state index in [9.17, 15) is 4.79 Å². The maximum absolute atomic E-state index is 10.8. The minimum atomic E-state index is -0.134. The number of amides is 1. The fraction of sp³-hybridized carbons (Fsp3) is 0.100. The SMILES string of the molecule is CC(=O)Nc1nc(-c2cncc(Cl)c2)cs1. The summed E-state index contributed by atoms with van der Waals surface area (Å²) in [6.45, 7) is 1.45. The summed E-state index contributed by atoms with van der Waals surface area (Å²) in [6, 6.07) is 1.78. The summed E-state index contributed by atoms with van der Waals surface area (Å²) in [5.41, 5.74) is 1.59. The van der Waals surface area contributed by atoms with Crippen molar-refractivity contribution in [3.63, 3.8) is 0 Å². The van der Waals surface area contributed by atoms with Gasteiger partial charge >= 0.3 is 0 Å². The largest absolute Gasteiger partial charge is 0.302 e. The third-order valence-electron chi connectivity index (χ3n) is 1.79. The molecule has 2 rings (SSSR count). The van der Waals surface area contributed by atoms with E-state index in [1.54, 1.807) is 18.5 Å². The van der Waals surface area contributed by atoms with Gasteiger partial charge < -0.3 is 5.32 Å². The Kier molecular flexibility index (Phi) is 3.17. The van der Waals surface area contributed by atoms with Gasteiger partial charge in [0.05, 0.1) is 10.7 Å². The zero-order valence-corrected chi connectivity index (χ0v) is 9.97. The molecule has 0 aliphatic heterocycles. The van der Waals surface area contributed by atoms with Crippen molar-refractivity contribution in [2.45, 2.75) is 6.92 Å². The van der Waals surface area contributed by atoms with Crippen LogP contribution in [0.2, 0.25) is 5.02 Å². The monoisotopic (exact) mass is 253 g/mol. The number of nitrogens with zero attached hydrogens (tertiary/aromatic N) is 2. The Morgan fingerprint density at radius 1 is 1.50 bits per heavy atom. The number of hydrogen-bond acceptors (Lipinski definition) is 4. The third kappa shape index (κ3) is 2.56. The summed E-state index contributed by atoms with van der Waals surface area (Å²) in [6.07, 6.45) is 3.24. The standard InChI is InChI=1S/C10H8ClN3OS/c1-6(15)13-10-14-9(5-16-10)7-2-8(11)4-12-3-7/h2-5H,1H3,(H,13,14,15). The summed E-state index contributed by atoms with van der Waals surface area (Å²) in [7, 11) is 0. The third-order valence-corrected chi connectivity index (χ3v) is 2.75. The van der Waals surface area contributed by atoms with Gasteiger partial charge in [0.25, 0.3) is 0 Å². The number of rotatable bonds is 2. The van der Waals surface area contributed by atoms with Crippen molar-refractivity contribution in [2.24, 2.45) is 0 Å². The Labute approximate surface area is 101 Å². The van der Waals surface area contributed by atoms with Crippen LogP contribution in [0.3, 0.4) is 0 Å². The van der Waals surface area contributed by atoms with E-state index in [0.717, 1.165) is 11.3 Å². The molecule has 0 spiro atoms. The van der Waals surface area contributed by atoms with E-state index in [4.69, 9.17) is 11.6 Å². The van der Waals surface area contributed by atoms with Crippen LogP contribution in [0.4, 0.5) is 5.13 Å². The van der Waals surface area contributed by atoms with Crippen LogP contribution < -0.4 is 5.32 Å². The highest BCUT2D eigenvalue weighted by molar-refractivity contribution is 7.14. The molecular weight excluding hydrogens is 246 g/mol. The van der Waals surface area contributed by atoms with Gasteiger partial charge in [0, 0.05) is 30.3 Å². The van der Waals surface area contributed by atoms with Gasteiger partial charge in [-0.15, -0.1) is 11.3 Å². The summed E-state index contributed by atoms with van der Waals surface area (Å²) >= 11 is 7.19. The number of thiazole rings is 1. The number of halogens is 1. The predicted molar refractivity (Wildman–Crippen MR) is 64.7 cm³/mol. The second kappa shape index (κ2) is 4.59. The lowest BCUT2D eigenvalue weighted by Crippen LogP contribution is -2.04. The van der Waals surface area contributed by atoms with Gasteiger partial charge in [-0.1, -0.05) is 11.6 Å². The highest BCUT2D eigenvalue weighted by Gasteiger charge is 2.06. The molecule has 0 saturated carbocycles. The number of nitrogens with one attached hydrogen (secondary N) is 1. The van der Waals surface area contributed by atoms with Gasteiger partial charge in [0.15, 0.2) is 5.13 Å². The Balaban J connectivity index is 2.28. The van der Waals surface area contributed by atoms with Crippen molar-refractivity contribution < 1.29 is 4.79 Å². The van der Waals surface area contributed by atoms with E-state index in [1.807, 2.05) is 5.38 Å². The topological polar surface area (TPSA) is 54.9 Å². The van der Waals surface area contributed by atoms with E-state index in [0.29, 0.717) is 10.2 Å². The van der Waals surface area contributed by atoms with Crippen molar-refractivity contribution in [1.82, 2.24) is 9.97 Å². The first kappa shape index (κ1) is 11.0. The molecule has 0 aliphatic carbocycles. The van der Waals surface area contributed by atoms with Crippen molar-refractivity contribution in [3.05, 3.63) is 28.9 Å². The summed E-state index contributed by atoms with van der Waals surface area (Å²) in [4.78, 5) is 19.1. The summed E-state index contributed by atoms with van der Waals surface area (Å²) < 4.78 is 0. The molecule has 0 aromatic carbocycles. The van der Waals surface area contributed by atoms with Crippen LogP contribution in [0.5, 0.6) is 0 Å². The predicted octanol–water partition coefficient (Wildman–Crippen LogP) is 2.82. The number of hydrogen-bond donors (Lipinski definition) is 1. The van der Waals surface area contributed by atoms with E-state index in [1.165, 1.54) is 18.3 Å². The molecule has 2 aromatic heterocycles. The average molecular weight is 254 g/mol. The quantitative estimate of drug-likeness (QED) is 0.895. The summed E-state index contributed by atoms with van der Waals surface area (Å²) in [5.74, 6) is -0.134. The maximum Gasteiger partial charge on any atom is 0.223 e. The second-order valence-electron chi connectivity index (χ2n) is 3.11. The molecule has 2 aromatic rings. The Morgan fingerprint density at radius 3 is 3.00 bits per heavy atom. The van der Waals surface area contributed by atoms with Gasteiger partial charge in [-0.3, -0.25) is 9.78 Å². The zero-order valence-electron chi connectivity index (χ0n) is 8.40. The van der Waals surface area contributed by atoms with Crippen LogP contribution >= 0.6 is 22.9 Å². The Morgan fingerprint density at radius 2 is 2.31 bits per heavy atom. The van der Waals surface area contributed by atoms with Crippen LogP contribution in [0.25, 0.3) is 11.3 Å². The Hall–Kier alpha value is -1.46. The van der Waals surface area contributed by atoms with Gasteiger partial charge in [0.2, 0.25) is 5.91 Å². The molecule has 0 atom stereocenters. The van der Waals surface area contributed by atoms with E-state index < -0.39 is 0 Å². The first-order chi connectivity index (χ1) is 7.65. The average Bonchev–Trinajstić information content (AvgIpc) is 2.65. The van der Waals surface area contributed by atoms with Crippen LogP contribution in [0.1, 0.15) is 6.92 Å². The molecule has 16 heavy (non-hydrogen) atoms. The molecule has 1 N–H and O–H groups in total. The molecule has 1 amide bonds. The minimum Gasteiger partial charge on any atom is -0.302 e. The van der Waals surface area contributed by atoms with Crippen molar-refractivity contribution in [3.8, 4) is 11.3 Å². The van der Waals surface area contributed by atoms with E-state index in [2.05, 4.69) is 15.3 Å². The van der Waals surface area contributed by atoms with Crippen molar-refractivity contribution in [2.75, 3.05) is 5.32 Å². The smallest absolute Gasteiger partial charge is 0.223 e. The normalized spacial score (nSPS) is 10.1. The highest BCUT2D eigenvalue weighted by atomic mass is 35.5. The molecule has 0 aliphatic rings. The molecule has 0 fully saturated rings. The molecule has 0 saturated heterocycles. The van der Waals surface area contributed by atoms with Crippen LogP contribution in [0.15, 0.2) is 23.8 Å². The number of pyridine rings is 1. The van der Waals surface area contributed by atoms with Crippen molar-refractivity contribution in [1.29, 1.82) is 0 Å². The van der Waals surface area contributed by atoms with E-state index in [-0.39, 0.29) is 5.91 Å². The lowest BCUT2D eigenvalue weighted by Gasteiger charge is -1.96. The first-order valence-electron chi connectivity index (χ1n) is 4.49. The van der Waals surface area contributed by atoms with Crippen LogP contribution in [0, 0.1) is 0 Å².